The molecule has 0 radical (unpaired) electrons. The van der Waals surface area contributed by atoms with Gasteiger partial charge in [-0.2, -0.15) is 0 Å². The number of amides is 1. The molecule has 0 aromatic heterocycles. The summed E-state index contributed by atoms with van der Waals surface area (Å²) in [4.78, 5) is 12.2. The van der Waals surface area contributed by atoms with Gasteiger partial charge in [0.15, 0.2) is 0 Å². The Labute approximate surface area is 163 Å². The first-order chi connectivity index (χ1) is 12.3. The van der Waals surface area contributed by atoms with Gasteiger partial charge in [0.2, 0.25) is 15.9 Å². The van der Waals surface area contributed by atoms with E-state index in [-0.39, 0.29) is 29.8 Å². The molecule has 26 heavy (non-hydrogen) atoms. The van der Waals surface area contributed by atoms with Gasteiger partial charge in [0.05, 0.1) is 10.9 Å². The van der Waals surface area contributed by atoms with Crippen LogP contribution in [0.4, 0.5) is 0 Å². The van der Waals surface area contributed by atoms with E-state index in [4.69, 9.17) is 23.2 Å². The Morgan fingerprint density at radius 1 is 1.08 bits per heavy atom. The second kappa shape index (κ2) is 9.37. The lowest BCUT2D eigenvalue weighted by Crippen LogP contribution is -2.32. The minimum Gasteiger partial charge on any atom is -0.349 e. The fourth-order valence-corrected chi connectivity index (χ4v) is 3.86. The van der Waals surface area contributed by atoms with Gasteiger partial charge in [0.1, 0.15) is 0 Å². The minimum absolute atomic E-state index is 0.00225. The molecule has 0 fully saturated rings. The molecule has 2 rings (SSSR count). The number of carbonyl (C=O) groups is 1. The van der Waals surface area contributed by atoms with Gasteiger partial charge in [0.25, 0.3) is 0 Å². The van der Waals surface area contributed by atoms with E-state index in [0.29, 0.717) is 16.5 Å². The quantitative estimate of drug-likeness (QED) is 0.686. The molecular formula is C18H20Cl2N2O3S. The maximum atomic E-state index is 12.2. The minimum atomic E-state index is -3.70. The average molecular weight is 415 g/mol. The average Bonchev–Trinajstić information content (AvgIpc) is 2.60. The molecule has 1 unspecified atom stereocenters. The predicted molar refractivity (Wildman–Crippen MR) is 104 cm³/mol. The summed E-state index contributed by atoms with van der Waals surface area (Å²) in [6, 6.07) is 13.1. The summed E-state index contributed by atoms with van der Waals surface area (Å²) in [7, 11) is -3.70. The topological polar surface area (TPSA) is 75.3 Å². The first-order valence-corrected chi connectivity index (χ1v) is 10.4. The molecule has 0 aliphatic heterocycles. The van der Waals surface area contributed by atoms with Gasteiger partial charge < -0.3 is 5.32 Å². The van der Waals surface area contributed by atoms with E-state index in [0.717, 1.165) is 5.56 Å². The van der Waals surface area contributed by atoms with Crippen molar-refractivity contribution in [1.29, 1.82) is 0 Å². The molecule has 0 saturated heterocycles. The molecule has 2 aromatic carbocycles. The molecule has 0 heterocycles. The second-order valence-electron chi connectivity index (χ2n) is 5.69. The van der Waals surface area contributed by atoms with Crippen LogP contribution in [0.5, 0.6) is 0 Å². The van der Waals surface area contributed by atoms with Gasteiger partial charge >= 0.3 is 0 Å². The molecule has 2 aromatic rings. The van der Waals surface area contributed by atoms with Crippen LogP contribution in [-0.2, 0) is 14.8 Å². The van der Waals surface area contributed by atoms with E-state index in [1.54, 1.807) is 24.3 Å². The standard InChI is InChI=1S/C18H20Cl2N2O3S/c1-2-17(13-6-8-14(19)9-7-13)22-18(23)10-11-21-26(24,25)16-5-3-4-15(20)12-16/h3-9,12,17,21H,2,10-11H2,1H3,(H,22,23). The Balaban J connectivity index is 1.88. The van der Waals surface area contributed by atoms with Crippen LogP contribution in [0.2, 0.25) is 10.0 Å². The lowest BCUT2D eigenvalue weighted by atomic mass is 10.0. The number of carbonyl (C=O) groups excluding carboxylic acids is 1. The first-order valence-electron chi connectivity index (χ1n) is 8.12. The summed E-state index contributed by atoms with van der Waals surface area (Å²) >= 11 is 11.7. The van der Waals surface area contributed by atoms with E-state index in [1.807, 2.05) is 19.1 Å². The van der Waals surface area contributed by atoms with Crippen molar-refractivity contribution in [2.75, 3.05) is 6.54 Å². The molecule has 0 saturated carbocycles. The number of hydrogen-bond donors (Lipinski definition) is 2. The largest absolute Gasteiger partial charge is 0.349 e. The van der Waals surface area contributed by atoms with Gasteiger partial charge in [-0.05, 0) is 42.3 Å². The highest BCUT2D eigenvalue weighted by molar-refractivity contribution is 7.89. The number of sulfonamides is 1. The SMILES string of the molecule is CCC(NC(=O)CCNS(=O)(=O)c1cccc(Cl)c1)c1ccc(Cl)cc1. The number of hydrogen-bond acceptors (Lipinski definition) is 3. The summed E-state index contributed by atoms with van der Waals surface area (Å²) in [6.45, 7) is 1.96. The zero-order chi connectivity index (χ0) is 19.2. The first kappa shape index (κ1) is 20.7. The fraction of sp³-hybridized carbons (Fsp3) is 0.278. The summed E-state index contributed by atoms with van der Waals surface area (Å²) < 4.78 is 26.8. The number of rotatable bonds is 8. The van der Waals surface area contributed by atoms with E-state index in [1.165, 1.54) is 12.1 Å². The second-order valence-corrected chi connectivity index (χ2v) is 8.32. The third-order valence-corrected chi connectivity index (χ3v) is 5.71. The van der Waals surface area contributed by atoms with E-state index in [9.17, 15) is 13.2 Å². The third-order valence-electron chi connectivity index (χ3n) is 3.77. The maximum absolute atomic E-state index is 12.2. The van der Waals surface area contributed by atoms with Crippen LogP contribution in [0, 0.1) is 0 Å². The summed E-state index contributed by atoms with van der Waals surface area (Å²) in [5.74, 6) is -0.236. The lowest BCUT2D eigenvalue weighted by Gasteiger charge is -2.17. The molecule has 1 atom stereocenters. The van der Waals surface area contributed by atoms with Gasteiger partial charge in [-0.3, -0.25) is 4.79 Å². The molecule has 5 nitrogen and oxygen atoms in total. The van der Waals surface area contributed by atoms with Gasteiger partial charge in [-0.1, -0.05) is 48.3 Å². The monoisotopic (exact) mass is 414 g/mol. The molecule has 0 aliphatic carbocycles. The van der Waals surface area contributed by atoms with Crippen LogP contribution in [0.25, 0.3) is 0 Å². The summed E-state index contributed by atoms with van der Waals surface area (Å²) in [5, 5.41) is 3.86. The van der Waals surface area contributed by atoms with E-state index >= 15 is 0 Å². The van der Waals surface area contributed by atoms with Crippen LogP contribution < -0.4 is 10.0 Å². The Morgan fingerprint density at radius 3 is 2.38 bits per heavy atom. The summed E-state index contributed by atoms with van der Waals surface area (Å²) in [6.07, 6.45) is 0.742. The van der Waals surface area contributed by atoms with Gasteiger partial charge in [-0.15, -0.1) is 0 Å². The van der Waals surface area contributed by atoms with Crippen molar-refractivity contribution in [3.8, 4) is 0 Å². The highest BCUT2D eigenvalue weighted by Gasteiger charge is 2.16. The third kappa shape index (κ3) is 5.99. The van der Waals surface area contributed by atoms with Crippen LogP contribution in [-0.4, -0.2) is 20.9 Å². The number of benzene rings is 2. The van der Waals surface area contributed by atoms with Crippen molar-refractivity contribution in [1.82, 2.24) is 10.0 Å². The van der Waals surface area contributed by atoms with Gasteiger partial charge in [-0.25, -0.2) is 13.1 Å². The normalized spacial score (nSPS) is 12.6. The number of halogens is 2. The molecular weight excluding hydrogens is 395 g/mol. The Kier molecular flexibility index (Phi) is 7.46. The van der Waals surface area contributed by atoms with Crippen molar-refractivity contribution in [2.24, 2.45) is 0 Å². The van der Waals surface area contributed by atoms with Gasteiger partial charge in [0, 0.05) is 23.0 Å². The van der Waals surface area contributed by atoms with E-state index in [2.05, 4.69) is 10.0 Å². The zero-order valence-corrected chi connectivity index (χ0v) is 16.5. The Bertz CT molecular complexity index is 855. The molecule has 0 spiro atoms. The summed E-state index contributed by atoms with van der Waals surface area (Å²) in [5.41, 5.74) is 0.949. The lowest BCUT2D eigenvalue weighted by molar-refractivity contribution is -0.121. The molecule has 0 bridgehead atoms. The van der Waals surface area contributed by atoms with Crippen molar-refractivity contribution in [3.05, 3.63) is 64.1 Å². The highest BCUT2D eigenvalue weighted by Crippen LogP contribution is 2.19. The Hall–Kier alpha value is -1.60. The molecule has 2 N–H and O–H groups in total. The zero-order valence-electron chi connectivity index (χ0n) is 14.2. The van der Waals surface area contributed by atoms with Crippen molar-refractivity contribution in [2.45, 2.75) is 30.7 Å². The fourth-order valence-electron chi connectivity index (χ4n) is 2.40. The van der Waals surface area contributed by atoms with Crippen LogP contribution in [0.3, 0.4) is 0 Å². The van der Waals surface area contributed by atoms with Crippen molar-refractivity contribution in [3.63, 3.8) is 0 Å². The highest BCUT2D eigenvalue weighted by atomic mass is 35.5. The van der Waals surface area contributed by atoms with Crippen LogP contribution >= 0.6 is 23.2 Å². The van der Waals surface area contributed by atoms with Crippen LogP contribution in [0.15, 0.2) is 53.4 Å². The Morgan fingerprint density at radius 2 is 1.77 bits per heavy atom. The smallest absolute Gasteiger partial charge is 0.240 e. The molecule has 1 amide bonds. The molecule has 8 heteroatoms. The molecule has 0 aliphatic rings. The number of nitrogens with one attached hydrogen (secondary N) is 2. The molecule has 140 valence electrons. The van der Waals surface area contributed by atoms with E-state index < -0.39 is 10.0 Å². The predicted octanol–water partition coefficient (Wildman–Crippen LogP) is 3.93. The maximum Gasteiger partial charge on any atom is 0.240 e. The van der Waals surface area contributed by atoms with Crippen molar-refractivity contribution >= 4 is 39.1 Å². The van der Waals surface area contributed by atoms with Crippen molar-refractivity contribution < 1.29 is 13.2 Å². The van der Waals surface area contributed by atoms with Crippen LogP contribution in [0.1, 0.15) is 31.4 Å².